The Labute approximate surface area is 123 Å². The van der Waals surface area contributed by atoms with Crippen molar-refractivity contribution in [3.63, 3.8) is 0 Å². The summed E-state index contributed by atoms with van der Waals surface area (Å²) in [6.45, 7) is 2.68. The molecule has 0 radical (unpaired) electrons. The molecular formula is C15H20N2O2S. The molecule has 20 heavy (non-hydrogen) atoms. The number of piperidine rings is 1. The second kappa shape index (κ2) is 6.79. The molecule has 1 saturated heterocycles. The Morgan fingerprint density at radius 2 is 2.15 bits per heavy atom. The number of amides is 2. The van der Waals surface area contributed by atoms with E-state index in [1.807, 2.05) is 31.4 Å². The van der Waals surface area contributed by atoms with Crippen LogP contribution in [0.2, 0.25) is 0 Å². The van der Waals surface area contributed by atoms with Gasteiger partial charge < -0.3 is 10.2 Å². The van der Waals surface area contributed by atoms with Crippen LogP contribution in [0.3, 0.4) is 0 Å². The van der Waals surface area contributed by atoms with Crippen LogP contribution in [-0.4, -0.2) is 35.6 Å². The molecule has 2 amide bonds. The average molecular weight is 292 g/mol. The first-order valence-electron chi connectivity index (χ1n) is 6.88. The third kappa shape index (κ3) is 3.54. The lowest BCUT2D eigenvalue weighted by atomic mass is 10.0. The Morgan fingerprint density at radius 3 is 2.85 bits per heavy atom. The van der Waals surface area contributed by atoms with Crippen molar-refractivity contribution in [2.24, 2.45) is 0 Å². The van der Waals surface area contributed by atoms with Crippen LogP contribution in [0.5, 0.6) is 0 Å². The van der Waals surface area contributed by atoms with Gasteiger partial charge in [0.15, 0.2) is 0 Å². The molecule has 1 aliphatic rings. The van der Waals surface area contributed by atoms with E-state index in [1.165, 1.54) is 0 Å². The molecular weight excluding hydrogens is 272 g/mol. The van der Waals surface area contributed by atoms with Crippen LogP contribution in [0, 0.1) is 0 Å². The number of carbonyl (C=O) groups excluding carboxylic acids is 2. The fourth-order valence-electron chi connectivity index (χ4n) is 2.42. The number of carbonyl (C=O) groups is 2. The molecule has 108 valence electrons. The number of hydrogen-bond acceptors (Lipinski definition) is 3. The van der Waals surface area contributed by atoms with Crippen LogP contribution in [-0.2, 0) is 9.59 Å². The first-order valence-corrected chi connectivity index (χ1v) is 8.10. The van der Waals surface area contributed by atoms with Gasteiger partial charge in [-0.25, -0.2) is 0 Å². The van der Waals surface area contributed by atoms with Crippen molar-refractivity contribution >= 4 is 29.3 Å². The third-order valence-electron chi connectivity index (χ3n) is 3.59. The highest BCUT2D eigenvalue weighted by atomic mass is 32.2. The number of likely N-dealkylation sites (tertiary alicyclic amines) is 1. The summed E-state index contributed by atoms with van der Waals surface area (Å²) in [6, 6.07) is 7.66. The zero-order chi connectivity index (χ0) is 14.5. The second-order valence-electron chi connectivity index (χ2n) is 5.03. The van der Waals surface area contributed by atoms with E-state index in [4.69, 9.17) is 0 Å². The Bertz CT molecular complexity index is 504. The summed E-state index contributed by atoms with van der Waals surface area (Å²) in [7, 11) is 0. The van der Waals surface area contributed by atoms with Crippen molar-refractivity contribution < 1.29 is 9.59 Å². The number of rotatable bonds is 2. The van der Waals surface area contributed by atoms with E-state index in [0.717, 1.165) is 24.2 Å². The predicted octanol–water partition coefficient (Wildman–Crippen LogP) is 2.75. The summed E-state index contributed by atoms with van der Waals surface area (Å²) in [5.74, 6) is -0.969. The molecule has 0 bridgehead atoms. The smallest absolute Gasteiger partial charge is 0.313 e. The van der Waals surface area contributed by atoms with Gasteiger partial charge in [0.25, 0.3) is 0 Å². The molecule has 1 aromatic carbocycles. The van der Waals surface area contributed by atoms with Crippen molar-refractivity contribution in [2.45, 2.75) is 37.1 Å². The summed E-state index contributed by atoms with van der Waals surface area (Å²) in [4.78, 5) is 27.0. The Morgan fingerprint density at radius 1 is 1.35 bits per heavy atom. The van der Waals surface area contributed by atoms with Gasteiger partial charge in [0, 0.05) is 23.2 Å². The molecule has 1 heterocycles. The number of nitrogens with zero attached hydrogens (tertiary/aromatic N) is 1. The molecule has 0 aliphatic carbocycles. The van der Waals surface area contributed by atoms with Crippen molar-refractivity contribution in [1.82, 2.24) is 4.90 Å². The van der Waals surface area contributed by atoms with Crippen molar-refractivity contribution in [3.8, 4) is 0 Å². The molecule has 1 fully saturated rings. The highest BCUT2D eigenvalue weighted by molar-refractivity contribution is 7.98. The van der Waals surface area contributed by atoms with Gasteiger partial charge in [0.2, 0.25) is 0 Å². The van der Waals surface area contributed by atoms with E-state index >= 15 is 0 Å². The van der Waals surface area contributed by atoms with Gasteiger partial charge in [-0.1, -0.05) is 6.07 Å². The predicted molar refractivity (Wildman–Crippen MR) is 81.9 cm³/mol. The van der Waals surface area contributed by atoms with Gasteiger partial charge in [0.1, 0.15) is 0 Å². The van der Waals surface area contributed by atoms with Crippen LogP contribution in [0.4, 0.5) is 5.69 Å². The number of benzene rings is 1. The largest absolute Gasteiger partial charge is 0.332 e. The van der Waals surface area contributed by atoms with Crippen LogP contribution in [0.15, 0.2) is 29.2 Å². The van der Waals surface area contributed by atoms with E-state index in [-0.39, 0.29) is 6.04 Å². The molecule has 4 nitrogen and oxygen atoms in total. The lowest BCUT2D eigenvalue weighted by Gasteiger charge is -2.32. The fraction of sp³-hybridized carbons (Fsp3) is 0.467. The molecule has 1 aromatic rings. The normalized spacial score (nSPS) is 18.7. The molecule has 1 N–H and O–H groups in total. The van der Waals surface area contributed by atoms with E-state index in [9.17, 15) is 9.59 Å². The molecule has 1 aliphatic heterocycles. The Hall–Kier alpha value is -1.49. The summed E-state index contributed by atoms with van der Waals surface area (Å²) >= 11 is 1.60. The SMILES string of the molecule is CSc1cccc(NC(=O)C(=O)N2CCCCC2C)c1. The van der Waals surface area contributed by atoms with Crippen molar-refractivity contribution in [1.29, 1.82) is 0 Å². The number of nitrogens with one attached hydrogen (secondary N) is 1. The van der Waals surface area contributed by atoms with E-state index < -0.39 is 11.8 Å². The molecule has 0 spiro atoms. The average Bonchev–Trinajstić information content (AvgIpc) is 2.47. The third-order valence-corrected chi connectivity index (χ3v) is 4.31. The summed E-state index contributed by atoms with van der Waals surface area (Å²) in [6.07, 6.45) is 5.05. The topological polar surface area (TPSA) is 49.4 Å². The zero-order valence-electron chi connectivity index (χ0n) is 11.9. The molecule has 1 unspecified atom stereocenters. The van der Waals surface area contributed by atoms with E-state index in [1.54, 1.807) is 22.7 Å². The lowest BCUT2D eigenvalue weighted by molar-refractivity contribution is -0.145. The molecule has 2 rings (SSSR count). The van der Waals surface area contributed by atoms with E-state index in [0.29, 0.717) is 12.2 Å². The zero-order valence-corrected chi connectivity index (χ0v) is 12.7. The molecule has 1 atom stereocenters. The quantitative estimate of drug-likeness (QED) is 0.673. The maximum absolute atomic E-state index is 12.2. The number of hydrogen-bond donors (Lipinski definition) is 1. The van der Waals surface area contributed by atoms with Crippen LogP contribution in [0.1, 0.15) is 26.2 Å². The second-order valence-corrected chi connectivity index (χ2v) is 5.91. The van der Waals surface area contributed by atoms with Gasteiger partial charge in [-0.2, -0.15) is 0 Å². The molecule has 0 saturated carbocycles. The Kier molecular flexibility index (Phi) is 5.06. The first-order chi connectivity index (χ1) is 9.61. The highest BCUT2D eigenvalue weighted by Crippen LogP contribution is 2.20. The Balaban J connectivity index is 2.01. The lowest BCUT2D eigenvalue weighted by Crippen LogP contribution is -2.47. The minimum atomic E-state index is -0.544. The fourth-order valence-corrected chi connectivity index (χ4v) is 2.88. The van der Waals surface area contributed by atoms with E-state index in [2.05, 4.69) is 5.32 Å². The maximum atomic E-state index is 12.2. The minimum Gasteiger partial charge on any atom is -0.332 e. The maximum Gasteiger partial charge on any atom is 0.313 e. The molecule has 5 heteroatoms. The first kappa shape index (κ1) is 14.9. The minimum absolute atomic E-state index is 0.152. The standard InChI is InChI=1S/C15H20N2O2S/c1-11-6-3-4-9-17(11)15(19)14(18)16-12-7-5-8-13(10-12)20-2/h5,7-8,10-11H,3-4,6,9H2,1-2H3,(H,16,18). The van der Waals surface area contributed by atoms with Gasteiger partial charge in [0.05, 0.1) is 0 Å². The van der Waals surface area contributed by atoms with Crippen molar-refractivity contribution in [3.05, 3.63) is 24.3 Å². The van der Waals surface area contributed by atoms with Gasteiger partial charge in [-0.3, -0.25) is 9.59 Å². The van der Waals surface area contributed by atoms with Gasteiger partial charge in [-0.05, 0) is 50.6 Å². The number of anilines is 1. The monoisotopic (exact) mass is 292 g/mol. The summed E-state index contributed by atoms with van der Waals surface area (Å²) in [5, 5.41) is 2.69. The van der Waals surface area contributed by atoms with Crippen LogP contribution in [0.25, 0.3) is 0 Å². The highest BCUT2D eigenvalue weighted by Gasteiger charge is 2.28. The van der Waals surface area contributed by atoms with Gasteiger partial charge in [-0.15, -0.1) is 11.8 Å². The van der Waals surface area contributed by atoms with Gasteiger partial charge >= 0.3 is 11.8 Å². The molecule has 0 aromatic heterocycles. The van der Waals surface area contributed by atoms with Crippen LogP contribution >= 0.6 is 11.8 Å². The van der Waals surface area contributed by atoms with Crippen molar-refractivity contribution in [2.75, 3.05) is 18.1 Å². The summed E-state index contributed by atoms with van der Waals surface area (Å²) in [5.41, 5.74) is 0.667. The van der Waals surface area contributed by atoms with Crippen LogP contribution < -0.4 is 5.32 Å². The number of thioether (sulfide) groups is 1. The summed E-state index contributed by atoms with van der Waals surface area (Å²) < 4.78 is 0.